The normalized spacial score (nSPS) is 12.4. The molecule has 1 aromatic rings. The summed E-state index contributed by atoms with van der Waals surface area (Å²) in [6.07, 6.45) is 5.20. The van der Waals surface area contributed by atoms with Crippen molar-refractivity contribution in [3.63, 3.8) is 0 Å². The highest BCUT2D eigenvalue weighted by molar-refractivity contribution is 5.21. The van der Waals surface area contributed by atoms with Crippen LogP contribution >= 0.6 is 0 Å². The van der Waals surface area contributed by atoms with Crippen LogP contribution in [0.2, 0.25) is 0 Å². The number of nitrogens with zero attached hydrogens (tertiary/aromatic N) is 1. The number of likely N-dealkylation sites (N-methyl/N-ethyl adjacent to an activating group) is 1. The Morgan fingerprint density at radius 1 is 1.35 bits per heavy atom. The minimum absolute atomic E-state index is 0.477. The Labute approximate surface area is 105 Å². The number of rotatable bonds is 6. The topological polar surface area (TPSA) is 15.3 Å². The molecular formula is C15H22N2. The van der Waals surface area contributed by atoms with Crippen LogP contribution in [0, 0.1) is 19.3 Å². The fraction of sp³-hybridized carbons (Fsp3) is 0.467. The van der Waals surface area contributed by atoms with Gasteiger partial charge in [-0.05, 0) is 26.5 Å². The minimum Gasteiger partial charge on any atom is -0.305 e. The summed E-state index contributed by atoms with van der Waals surface area (Å²) in [6.45, 7) is 6.85. The van der Waals surface area contributed by atoms with Gasteiger partial charge >= 0.3 is 0 Å². The Morgan fingerprint density at radius 2 is 2.00 bits per heavy atom. The summed E-state index contributed by atoms with van der Waals surface area (Å²) in [5.41, 5.74) is 2.65. The van der Waals surface area contributed by atoms with Crippen molar-refractivity contribution in [2.24, 2.45) is 0 Å². The number of aryl methyl sites for hydroxylation is 1. The molecule has 0 amide bonds. The Kier molecular flexibility index (Phi) is 5.76. The van der Waals surface area contributed by atoms with E-state index in [1.54, 1.807) is 0 Å². The van der Waals surface area contributed by atoms with Gasteiger partial charge in [-0.25, -0.2) is 0 Å². The largest absolute Gasteiger partial charge is 0.305 e. The van der Waals surface area contributed by atoms with Crippen LogP contribution in [-0.4, -0.2) is 31.1 Å². The Balaban J connectivity index is 2.40. The zero-order valence-electron chi connectivity index (χ0n) is 11.0. The lowest BCUT2D eigenvalue weighted by Gasteiger charge is -2.24. The highest BCUT2D eigenvalue weighted by Crippen LogP contribution is 2.07. The Morgan fingerprint density at radius 3 is 2.59 bits per heavy atom. The van der Waals surface area contributed by atoms with Crippen LogP contribution in [0.4, 0.5) is 0 Å². The third-order valence-corrected chi connectivity index (χ3v) is 2.97. The van der Waals surface area contributed by atoms with Gasteiger partial charge in [0, 0.05) is 19.1 Å². The quantitative estimate of drug-likeness (QED) is 0.594. The number of nitrogens with one attached hydrogen (secondary N) is 1. The zero-order chi connectivity index (χ0) is 12.7. The first-order valence-electron chi connectivity index (χ1n) is 6.03. The first-order valence-corrected chi connectivity index (χ1v) is 6.03. The van der Waals surface area contributed by atoms with Crippen molar-refractivity contribution in [3.8, 4) is 12.3 Å². The van der Waals surface area contributed by atoms with E-state index >= 15 is 0 Å². The second-order valence-corrected chi connectivity index (χ2v) is 4.58. The molecule has 0 aliphatic rings. The van der Waals surface area contributed by atoms with E-state index in [1.165, 1.54) is 11.1 Å². The molecule has 0 bridgehead atoms. The SMILES string of the molecule is C#CCNCC(C)N(C)Cc1ccc(C)cc1. The second kappa shape index (κ2) is 7.11. The first kappa shape index (κ1) is 13.8. The molecule has 0 aliphatic heterocycles. The van der Waals surface area contributed by atoms with Crippen molar-refractivity contribution in [2.75, 3.05) is 20.1 Å². The maximum Gasteiger partial charge on any atom is 0.0574 e. The average molecular weight is 230 g/mol. The molecule has 2 heteroatoms. The Bertz CT molecular complexity index is 362. The molecule has 17 heavy (non-hydrogen) atoms. The summed E-state index contributed by atoms with van der Waals surface area (Å²) >= 11 is 0. The molecule has 92 valence electrons. The van der Waals surface area contributed by atoms with Crippen LogP contribution in [0.1, 0.15) is 18.1 Å². The van der Waals surface area contributed by atoms with Crippen molar-refractivity contribution in [1.82, 2.24) is 10.2 Å². The maximum atomic E-state index is 5.20. The van der Waals surface area contributed by atoms with Crippen molar-refractivity contribution < 1.29 is 0 Å². The average Bonchev–Trinajstić information content (AvgIpc) is 2.32. The summed E-state index contributed by atoms with van der Waals surface area (Å²) in [4.78, 5) is 2.33. The van der Waals surface area contributed by atoms with E-state index in [0.29, 0.717) is 12.6 Å². The van der Waals surface area contributed by atoms with Gasteiger partial charge in [0.25, 0.3) is 0 Å². The third-order valence-electron chi connectivity index (χ3n) is 2.97. The predicted molar refractivity (Wildman–Crippen MR) is 73.8 cm³/mol. The monoisotopic (exact) mass is 230 g/mol. The lowest BCUT2D eigenvalue weighted by atomic mass is 10.1. The fourth-order valence-corrected chi connectivity index (χ4v) is 1.65. The molecule has 0 spiro atoms. The molecular weight excluding hydrogens is 208 g/mol. The smallest absolute Gasteiger partial charge is 0.0574 e. The van der Waals surface area contributed by atoms with E-state index in [0.717, 1.165) is 13.1 Å². The van der Waals surface area contributed by atoms with E-state index < -0.39 is 0 Å². The van der Waals surface area contributed by atoms with Crippen molar-refractivity contribution >= 4 is 0 Å². The number of hydrogen-bond acceptors (Lipinski definition) is 2. The molecule has 1 atom stereocenters. The molecule has 2 nitrogen and oxygen atoms in total. The molecule has 1 N–H and O–H groups in total. The molecule has 0 saturated heterocycles. The van der Waals surface area contributed by atoms with E-state index in [4.69, 9.17) is 6.42 Å². The van der Waals surface area contributed by atoms with Gasteiger partial charge in [0.1, 0.15) is 0 Å². The molecule has 1 aromatic carbocycles. The van der Waals surface area contributed by atoms with Crippen molar-refractivity contribution in [3.05, 3.63) is 35.4 Å². The lowest BCUT2D eigenvalue weighted by molar-refractivity contribution is 0.245. The van der Waals surface area contributed by atoms with Crippen molar-refractivity contribution in [1.29, 1.82) is 0 Å². The summed E-state index contributed by atoms with van der Waals surface area (Å²) in [6, 6.07) is 9.17. The fourth-order valence-electron chi connectivity index (χ4n) is 1.65. The maximum absolute atomic E-state index is 5.20. The van der Waals surface area contributed by atoms with Crippen LogP contribution in [0.15, 0.2) is 24.3 Å². The van der Waals surface area contributed by atoms with E-state index in [9.17, 15) is 0 Å². The van der Waals surface area contributed by atoms with Crippen LogP contribution in [0.25, 0.3) is 0 Å². The highest BCUT2D eigenvalue weighted by atomic mass is 15.1. The lowest BCUT2D eigenvalue weighted by Crippen LogP contribution is -2.37. The summed E-state index contributed by atoms with van der Waals surface area (Å²) in [7, 11) is 2.14. The van der Waals surface area contributed by atoms with Crippen LogP contribution in [0.5, 0.6) is 0 Å². The second-order valence-electron chi connectivity index (χ2n) is 4.58. The van der Waals surface area contributed by atoms with Gasteiger partial charge in [0.05, 0.1) is 6.54 Å². The third kappa shape index (κ3) is 5.04. The number of benzene rings is 1. The predicted octanol–water partition coefficient (Wildman–Crippen LogP) is 2.04. The van der Waals surface area contributed by atoms with Gasteiger partial charge < -0.3 is 5.32 Å². The van der Waals surface area contributed by atoms with Crippen molar-refractivity contribution in [2.45, 2.75) is 26.4 Å². The minimum atomic E-state index is 0.477. The molecule has 0 saturated carbocycles. The van der Waals surface area contributed by atoms with E-state index in [2.05, 4.69) is 61.3 Å². The van der Waals surface area contributed by atoms with E-state index in [1.807, 2.05) is 0 Å². The van der Waals surface area contributed by atoms with Gasteiger partial charge in [0.2, 0.25) is 0 Å². The molecule has 1 unspecified atom stereocenters. The number of terminal acetylenes is 1. The molecule has 0 aromatic heterocycles. The van der Waals surface area contributed by atoms with Gasteiger partial charge in [-0.2, -0.15) is 0 Å². The van der Waals surface area contributed by atoms with Gasteiger partial charge in [-0.1, -0.05) is 35.7 Å². The van der Waals surface area contributed by atoms with Gasteiger partial charge in [-0.15, -0.1) is 6.42 Å². The number of hydrogen-bond donors (Lipinski definition) is 1. The van der Waals surface area contributed by atoms with Crippen LogP contribution in [0.3, 0.4) is 0 Å². The summed E-state index contributed by atoms with van der Waals surface area (Å²) < 4.78 is 0. The summed E-state index contributed by atoms with van der Waals surface area (Å²) in [5, 5.41) is 3.23. The zero-order valence-corrected chi connectivity index (χ0v) is 11.0. The first-order chi connectivity index (χ1) is 8.13. The molecule has 1 rings (SSSR count). The highest BCUT2D eigenvalue weighted by Gasteiger charge is 2.08. The molecule has 0 aliphatic carbocycles. The molecule has 0 heterocycles. The van der Waals surface area contributed by atoms with E-state index in [-0.39, 0.29) is 0 Å². The molecule has 0 fully saturated rings. The van der Waals surface area contributed by atoms with Crippen LogP contribution in [-0.2, 0) is 6.54 Å². The Hall–Kier alpha value is -1.30. The van der Waals surface area contributed by atoms with Gasteiger partial charge in [-0.3, -0.25) is 4.90 Å². The summed E-state index contributed by atoms with van der Waals surface area (Å²) in [5.74, 6) is 2.59. The standard InChI is InChI=1S/C15H22N2/c1-5-10-16-11-14(3)17(4)12-15-8-6-13(2)7-9-15/h1,6-9,14,16H,10-12H2,2-4H3. The van der Waals surface area contributed by atoms with Gasteiger partial charge in [0.15, 0.2) is 0 Å². The van der Waals surface area contributed by atoms with Crippen LogP contribution < -0.4 is 5.32 Å². The molecule has 0 radical (unpaired) electrons.